The Balaban J connectivity index is 2.19. The number of rotatable bonds is 4. The number of aliphatic hydroxyl groups is 1. The van der Waals surface area contributed by atoms with Crippen LogP contribution in [-0.2, 0) is 19.3 Å². The number of hydrogen-bond acceptors (Lipinski definition) is 4. The van der Waals surface area contributed by atoms with Gasteiger partial charge in [0.25, 0.3) is 0 Å². The molecule has 0 radical (unpaired) electrons. The minimum absolute atomic E-state index is 0.161. The van der Waals surface area contributed by atoms with E-state index in [1.807, 2.05) is 0 Å². The fourth-order valence-corrected chi connectivity index (χ4v) is 3.79. The third-order valence-corrected chi connectivity index (χ3v) is 5.14. The van der Waals surface area contributed by atoms with Gasteiger partial charge in [-0.15, -0.1) is 0 Å². The Kier molecular flexibility index (Phi) is 4.45. The molecule has 0 amide bonds. The average Bonchev–Trinajstić information content (AvgIpc) is 2.50. The first-order valence-electron chi connectivity index (χ1n) is 9.01. The zero-order valence-corrected chi connectivity index (χ0v) is 15.6. The summed E-state index contributed by atoms with van der Waals surface area (Å²) in [5.41, 5.74) is 3.10. The van der Waals surface area contributed by atoms with Crippen LogP contribution in [0.25, 0.3) is 0 Å². The smallest absolute Gasteiger partial charge is 0.133 e. The minimum Gasteiger partial charge on any atom is -0.496 e. The van der Waals surface area contributed by atoms with Gasteiger partial charge in [0.05, 0.1) is 7.11 Å². The number of methoxy groups -OCH3 is 1. The van der Waals surface area contributed by atoms with E-state index in [-0.39, 0.29) is 17.8 Å². The molecule has 3 rings (SSSR count). The van der Waals surface area contributed by atoms with Gasteiger partial charge in [-0.25, -0.2) is 0 Å². The van der Waals surface area contributed by atoms with Gasteiger partial charge in [-0.1, -0.05) is 0 Å². The van der Waals surface area contributed by atoms with Crippen LogP contribution in [0.1, 0.15) is 63.6 Å². The van der Waals surface area contributed by atoms with Crippen LogP contribution in [0, 0.1) is 0 Å². The molecular formula is C20H30O4. The standard InChI is InChI=1S/C20H30O4/c1-19(2)10-8-14-16(22-5)13(7-6-12-21)17-15(18(14)24-19)9-11-20(3,4)23-17/h21H,6-12H2,1-5H3. The highest BCUT2D eigenvalue weighted by Crippen LogP contribution is 2.51. The quantitative estimate of drug-likeness (QED) is 0.909. The van der Waals surface area contributed by atoms with Crippen molar-refractivity contribution in [1.82, 2.24) is 0 Å². The second kappa shape index (κ2) is 6.14. The monoisotopic (exact) mass is 334 g/mol. The number of fused-ring (bicyclic) bond motifs is 3. The van der Waals surface area contributed by atoms with E-state index < -0.39 is 0 Å². The first-order valence-corrected chi connectivity index (χ1v) is 9.01. The van der Waals surface area contributed by atoms with Crippen LogP contribution in [0.15, 0.2) is 0 Å². The molecule has 2 heterocycles. The molecular weight excluding hydrogens is 304 g/mol. The lowest BCUT2D eigenvalue weighted by Crippen LogP contribution is -2.37. The van der Waals surface area contributed by atoms with Gasteiger partial charge >= 0.3 is 0 Å². The third-order valence-electron chi connectivity index (χ3n) is 5.14. The van der Waals surface area contributed by atoms with Crippen molar-refractivity contribution in [3.05, 3.63) is 16.7 Å². The minimum atomic E-state index is -0.190. The highest BCUT2D eigenvalue weighted by Gasteiger charge is 2.38. The fraction of sp³-hybridized carbons (Fsp3) is 0.700. The summed E-state index contributed by atoms with van der Waals surface area (Å²) in [5.74, 6) is 2.79. The molecule has 0 unspecified atom stereocenters. The topological polar surface area (TPSA) is 47.9 Å². The molecule has 0 spiro atoms. The van der Waals surface area contributed by atoms with Crippen LogP contribution in [0.2, 0.25) is 0 Å². The van der Waals surface area contributed by atoms with Crippen molar-refractivity contribution < 1.29 is 19.3 Å². The molecule has 0 fully saturated rings. The van der Waals surface area contributed by atoms with Crippen LogP contribution in [0.3, 0.4) is 0 Å². The molecule has 0 saturated heterocycles. The Hall–Kier alpha value is -1.42. The second-order valence-electron chi connectivity index (χ2n) is 8.18. The Labute approximate surface area is 145 Å². The lowest BCUT2D eigenvalue weighted by Gasteiger charge is -2.40. The lowest BCUT2D eigenvalue weighted by molar-refractivity contribution is 0.0644. The summed E-state index contributed by atoms with van der Waals surface area (Å²) in [6, 6.07) is 0. The molecule has 4 nitrogen and oxygen atoms in total. The van der Waals surface area contributed by atoms with E-state index in [0.717, 1.165) is 54.9 Å². The van der Waals surface area contributed by atoms with Crippen molar-refractivity contribution in [3.63, 3.8) is 0 Å². The summed E-state index contributed by atoms with van der Waals surface area (Å²) in [7, 11) is 1.72. The molecule has 0 saturated carbocycles. The first-order chi connectivity index (χ1) is 11.3. The molecule has 24 heavy (non-hydrogen) atoms. The summed E-state index contributed by atoms with van der Waals surface area (Å²) in [4.78, 5) is 0. The molecule has 0 bridgehead atoms. The summed E-state index contributed by atoms with van der Waals surface area (Å²) < 4.78 is 18.6. The Morgan fingerprint density at radius 2 is 1.54 bits per heavy atom. The molecule has 2 aliphatic rings. The number of benzene rings is 1. The fourth-order valence-electron chi connectivity index (χ4n) is 3.79. The zero-order chi connectivity index (χ0) is 17.5. The van der Waals surface area contributed by atoms with Crippen molar-refractivity contribution in [2.24, 2.45) is 0 Å². The predicted molar refractivity (Wildman–Crippen MR) is 94.5 cm³/mol. The molecule has 4 heteroatoms. The molecule has 0 aromatic heterocycles. The predicted octanol–water partition coefficient (Wildman–Crippen LogP) is 3.83. The van der Waals surface area contributed by atoms with Crippen LogP contribution < -0.4 is 14.2 Å². The lowest BCUT2D eigenvalue weighted by atomic mass is 9.84. The maximum Gasteiger partial charge on any atom is 0.133 e. The van der Waals surface area contributed by atoms with Gasteiger partial charge in [0.15, 0.2) is 0 Å². The van der Waals surface area contributed by atoms with E-state index in [1.54, 1.807) is 7.11 Å². The van der Waals surface area contributed by atoms with Crippen LogP contribution in [0.5, 0.6) is 17.2 Å². The molecule has 1 aromatic carbocycles. The maximum atomic E-state index is 9.30. The normalized spacial score (nSPS) is 20.4. The highest BCUT2D eigenvalue weighted by atomic mass is 16.5. The van der Waals surface area contributed by atoms with Gasteiger partial charge in [-0.2, -0.15) is 0 Å². The van der Waals surface area contributed by atoms with Gasteiger partial charge in [0.2, 0.25) is 0 Å². The van der Waals surface area contributed by atoms with Crippen molar-refractivity contribution in [1.29, 1.82) is 0 Å². The molecule has 0 aliphatic carbocycles. The SMILES string of the molecule is COc1c2c(c3c(c1CCCO)OC(C)(C)CC3)OC(C)(C)CC2. The first kappa shape index (κ1) is 17.4. The van der Waals surface area contributed by atoms with Crippen molar-refractivity contribution >= 4 is 0 Å². The highest BCUT2D eigenvalue weighted by molar-refractivity contribution is 5.64. The Bertz CT molecular complexity index is 631. The number of aliphatic hydroxyl groups excluding tert-OH is 1. The van der Waals surface area contributed by atoms with E-state index >= 15 is 0 Å². The van der Waals surface area contributed by atoms with Gasteiger partial charge in [0, 0.05) is 23.3 Å². The van der Waals surface area contributed by atoms with E-state index in [4.69, 9.17) is 14.2 Å². The van der Waals surface area contributed by atoms with Gasteiger partial charge < -0.3 is 19.3 Å². The molecule has 1 aromatic rings. The Morgan fingerprint density at radius 3 is 2.12 bits per heavy atom. The molecule has 0 atom stereocenters. The third kappa shape index (κ3) is 3.08. The summed E-state index contributed by atoms with van der Waals surface area (Å²) >= 11 is 0. The van der Waals surface area contributed by atoms with Crippen LogP contribution in [-0.4, -0.2) is 30.0 Å². The van der Waals surface area contributed by atoms with E-state index in [9.17, 15) is 5.11 Å². The Morgan fingerprint density at radius 1 is 0.958 bits per heavy atom. The van der Waals surface area contributed by atoms with Crippen molar-refractivity contribution in [2.75, 3.05) is 13.7 Å². The molecule has 1 N–H and O–H groups in total. The van der Waals surface area contributed by atoms with Gasteiger partial charge in [-0.3, -0.25) is 0 Å². The van der Waals surface area contributed by atoms with E-state index in [0.29, 0.717) is 6.42 Å². The van der Waals surface area contributed by atoms with E-state index in [2.05, 4.69) is 27.7 Å². The molecule has 134 valence electrons. The number of hydrogen-bond donors (Lipinski definition) is 1. The summed E-state index contributed by atoms with van der Waals surface area (Å²) in [6.07, 6.45) is 5.32. The maximum absolute atomic E-state index is 9.30. The van der Waals surface area contributed by atoms with Gasteiger partial charge in [-0.05, 0) is 66.2 Å². The van der Waals surface area contributed by atoms with Crippen LogP contribution in [0.4, 0.5) is 0 Å². The summed E-state index contributed by atoms with van der Waals surface area (Å²) in [5, 5.41) is 9.30. The zero-order valence-electron chi connectivity index (χ0n) is 15.6. The summed E-state index contributed by atoms with van der Waals surface area (Å²) in [6.45, 7) is 8.71. The van der Waals surface area contributed by atoms with Crippen molar-refractivity contribution in [3.8, 4) is 17.2 Å². The van der Waals surface area contributed by atoms with Crippen molar-refractivity contribution in [2.45, 2.75) is 77.4 Å². The van der Waals surface area contributed by atoms with Crippen LogP contribution >= 0.6 is 0 Å². The second-order valence-corrected chi connectivity index (χ2v) is 8.18. The largest absolute Gasteiger partial charge is 0.496 e. The average molecular weight is 334 g/mol. The van der Waals surface area contributed by atoms with Gasteiger partial charge in [0.1, 0.15) is 28.5 Å². The number of ether oxygens (including phenoxy) is 3. The molecule has 2 aliphatic heterocycles. The van der Waals surface area contributed by atoms with E-state index in [1.165, 1.54) is 11.1 Å².